The lowest BCUT2D eigenvalue weighted by atomic mass is 9.67. The van der Waals surface area contributed by atoms with Crippen molar-refractivity contribution in [3.05, 3.63) is 47.9 Å². The van der Waals surface area contributed by atoms with E-state index in [1.165, 1.54) is 24.4 Å². The van der Waals surface area contributed by atoms with Crippen molar-refractivity contribution in [3.8, 4) is 17.0 Å². The number of hydrogen-bond donors (Lipinski definition) is 3. The number of piperidine rings is 1. The van der Waals surface area contributed by atoms with E-state index >= 15 is 0 Å². The first kappa shape index (κ1) is 29.4. The Hall–Kier alpha value is -3.09. The lowest BCUT2D eigenvalue weighted by molar-refractivity contribution is -0.256. The molecule has 41 heavy (non-hydrogen) atoms. The number of aliphatic hydroxyl groups excluding tert-OH is 1. The summed E-state index contributed by atoms with van der Waals surface area (Å²) in [5.41, 5.74) is -0.914. The largest absolute Gasteiger partial charge is 0.492 e. The number of amides is 2. The van der Waals surface area contributed by atoms with Gasteiger partial charge in [0.15, 0.2) is 0 Å². The Morgan fingerprint density at radius 1 is 1.17 bits per heavy atom. The van der Waals surface area contributed by atoms with E-state index in [0.717, 1.165) is 12.8 Å². The third-order valence-corrected chi connectivity index (χ3v) is 8.54. The summed E-state index contributed by atoms with van der Waals surface area (Å²) in [4.78, 5) is 30.9. The van der Waals surface area contributed by atoms with Crippen molar-refractivity contribution < 1.29 is 37.0 Å². The maximum Gasteiger partial charge on any atom is 0.395 e. The molecule has 12 heteroatoms. The zero-order valence-electron chi connectivity index (χ0n) is 22.6. The van der Waals surface area contributed by atoms with Crippen molar-refractivity contribution >= 4 is 11.8 Å². The standard InChI is InChI=1S/C29H34F4N4O4/c30-23-12-19(2-4-22(23)26(39)36-27(40)25-13-20(38)14-34-25)24-5-3-21(15-35-24)41-16-18-6-10-37(11-7-18)17-28(8-1-9-28)29(31,32)33/h2-5,12,15,18,20,25,34,38H,1,6-11,13-14,16-17H2,(H,36,39,40)/t20-,25+/m1/s1. The quantitative estimate of drug-likeness (QED) is 0.324. The van der Waals surface area contributed by atoms with Gasteiger partial charge in [-0.2, -0.15) is 13.2 Å². The van der Waals surface area contributed by atoms with Crippen LogP contribution in [0.2, 0.25) is 0 Å². The molecule has 2 amide bonds. The second kappa shape index (κ2) is 12.0. The van der Waals surface area contributed by atoms with Gasteiger partial charge in [0.05, 0.1) is 41.6 Å². The molecule has 1 saturated carbocycles. The Labute approximate surface area is 235 Å². The Kier molecular flexibility index (Phi) is 8.62. The monoisotopic (exact) mass is 578 g/mol. The fourth-order valence-corrected chi connectivity index (χ4v) is 5.77. The molecule has 3 heterocycles. The van der Waals surface area contributed by atoms with Crippen LogP contribution in [-0.4, -0.2) is 77.9 Å². The number of carbonyl (C=O) groups is 2. The molecule has 1 aromatic heterocycles. The Morgan fingerprint density at radius 2 is 1.93 bits per heavy atom. The summed E-state index contributed by atoms with van der Waals surface area (Å²) in [5.74, 6) is -1.53. The van der Waals surface area contributed by atoms with Gasteiger partial charge in [-0.05, 0) is 75.4 Å². The smallest absolute Gasteiger partial charge is 0.395 e. The molecular weight excluding hydrogens is 544 g/mol. The fourth-order valence-electron chi connectivity index (χ4n) is 5.77. The minimum atomic E-state index is -4.15. The summed E-state index contributed by atoms with van der Waals surface area (Å²) in [6.07, 6.45) is -0.495. The van der Waals surface area contributed by atoms with E-state index in [2.05, 4.69) is 15.6 Å². The molecule has 0 bridgehead atoms. The first-order chi connectivity index (χ1) is 19.5. The first-order valence-corrected chi connectivity index (χ1v) is 14.0. The summed E-state index contributed by atoms with van der Waals surface area (Å²) < 4.78 is 61.1. The van der Waals surface area contributed by atoms with Gasteiger partial charge in [-0.25, -0.2) is 4.39 Å². The lowest BCUT2D eigenvalue weighted by Crippen LogP contribution is -2.53. The molecule has 3 N–H and O–H groups in total. The highest BCUT2D eigenvalue weighted by molar-refractivity contribution is 6.06. The van der Waals surface area contributed by atoms with E-state index in [4.69, 9.17) is 4.74 Å². The number of benzene rings is 1. The topological polar surface area (TPSA) is 104 Å². The summed E-state index contributed by atoms with van der Waals surface area (Å²) in [5, 5.41) is 14.5. The van der Waals surface area contributed by atoms with Crippen LogP contribution in [0, 0.1) is 17.2 Å². The summed E-state index contributed by atoms with van der Waals surface area (Å²) >= 11 is 0. The minimum Gasteiger partial charge on any atom is -0.492 e. The van der Waals surface area contributed by atoms with E-state index in [0.29, 0.717) is 43.1 Å². The molecule has 222 valence electrons. The molecule has 8 nitrogen and oxygen atoms in total. The van der Waals surface area contributed by atoms with Crippen molar-refractivity contribution in [2.75, 3.05) is 32.8 Å². The molecule has 1 aliphatic carbocycles. The highest BCUT2D eigenvalue weighted by Gasteiger charge is 2.58. The average Bonchev–Trinajstić information content (AvgIpc) is 3.36. The van der Waals surface area contributed by atoms with E-state index in [-0.39, 0.29) is 43.8 Å². The minimum absolute atomic E-state index is 0.0861. The highest BCUT2D eigenvalue weighted by atomic mass is 19.4. The van der Waals surface area contributed by atoms with Gasteiger partial charge in [0.2, 0.25) is 5.91 Å². The van der Waals surface area contributed by atoms with Gasteiger partial charge < -0.3 is 20.1 Å². The average molecular weight is 579 g/mol. The van der Waals surface area contributed by atoms with Crippen molar-refractivity contribution in [2.45, 2.75) is 56.8 Å². The van der Waals surface area contributed by atoms with Gasteiger partial charge in [0, 0.05) is 18.7 Å². The van der Waals surface area contributed by atoms with Gasteiger partial charge in [0.25, 0.3) is 5.91 Å². The number of halogens is 4. The second-order valence-electron chi connectivity index (χ2n) is 11.4. The number of alkyl halides is 3. The van der Waals surface area contributed by atoms with Crippen molar-refractivity contribution in [1.82, 2.24) is 20.5 Å². The van der Waals surface area contributed by atoms with Crippen LogP contribution in [0.25, 0.3) is 11.3 Å². The maximum atomic E-state index is 14.7. The number of aliphatic hydroxyl groups is 1. The SMILES string of the molecule is O=C(NC(=O)[C@@H]1C[C@@H](O)CN1)c1ccc(-c2ccc(OCC3CCN(CC4(C(F)(F)F)CCC4)CC3)cn2)cc1F. The number of nitrogens with zero attached hydrogens (tertiary/aromatic N) is 2. The van der Waals surface area contributed by atoms with E-state index < -0.39 is 41.4 Å². The van der Waals surface area contributed by atoms with E-state index in [1.54, 1.807) is 12.1 Å². The van der Waals surface area contributed by atoms with Crippen LogP contribution in [0.15, 0.2) is 36.5 Å². The van der Waals surface area contributed by atoms with Gasteiger partial charge in [-0.3, -0.25) is 19.9 Å². The van der Waals surface area contributed by atoms with Gasteiger partial charge in [-0.15, -0.1) is 0 Å². The number of aromatic nitrogens is 1. The Balaban J connectivity index is 1.09. The fraction of sp³-hybridized carbons (Fsp3) is 0.552. The normalized spacial score (nSPS) is 23.1. The molecule has 3 fully saturated rings. The summed E-state index contributed by atoms with van der Waals surface area (Å²) in [6.45, 7) is 2.02. The molecule has 2 aromatic rings. The van der Waals surface area contributed by atoms with Gasteiger partial charge >= 0.3 is 6.18 Å². The van der Waals surface area contributed by atoms with Crippen LogP contribution in [-0.2, 0) is 4.79 Å². The zero-order valence-corrected chi connectivity index (χ0v) is 22.6. The number of ether oxygens (including phenoxy) is 1. The summed E-state index contributed by atoms with van der Waals surface area (Å²) in [7, 11) is 0. The van der Waals surface area contributed by atoms with Crippen molar-refractivity contribution in [2.24, 2.45) is 11.3 Å². The van der Waals surface area contributed by atoms with Crippen LogP contribution in [0.1, 0.15) is 48.9 Å². The number of β-amino-alcohol motifs (C(OH)–C–C–N with tert-alkyl or cyclic N) is 1. The summed E-state index contributed by atoms with van der Waals surface area (Å²) in [6, 6.07) is 6.65. The molecule has 0 radical (unpaired) electrons. The van der Waals surface area contributed by atoms with E-state index in [9.17, 15) is 32.3 Å². The number of likely N-dealkylation sites (tertiary alicyclic amines) is 1. The second-order valence-corrected chi connectivity index (χ2v) is 11.4. The van der Waals surface area contributed by atoms with Crippen LogP contribution < -0.4 is 15.4 Å². The van der Waals surface area contributed by atoms with Gasteiger partial charge in [-0.1, -0.05) is 12.5 Å². The predicted molar refractivity (Wildman–Crippen MR) is 142 cm³/mol. The number of carbonyl (C=O) groups excluding carboxylic acids is 2. The van der Waals surface area contributed by atoms with Crippen molar-refractivity contribution in [3.63, 3.8) is 0 Å². The van der Waals surface area contributed by atoms with Crippen molar-refractivity contribution in [1.29, 1.82) is 0 Å². The molecule has 2 saturated heterocycles. The predicted octanol–water partition coefficient (Wildman–Crippen LogP) is 3.69. The molecule has 3 aliphatic rings. The molecular formula is C29H34F4N4O4. The first-order valence-electron chi connectivity index (χ1n) is 14.0. The molecule has 0 unspecified atom stereocenters. The molecule has 1 aromatic carbocycles. The van der Waals surface area contributed by atoms with Crippen LogP contribution >= 0.6 is 0 Å². The number of pyridine rings is 1. The third-order valence-electron chi connectivity index (χ3n) is 8.54. The van der Waals surface area contributed by atoms with Crippen LogP contribution in [0.3, 0.4) is 0 Å². The highest BCUT2D eigenvalue weighted by Crippen LogP contribution is 2.53. The number of rotatable bonds is 8. The Morgan fingerprint density at radius 3 is 2.49 bits per heavy atom. The number of imide groups is 1. The third kappa shape index (κ3) is 6.70. The molecule has 2 aliphatic heterocycles. The van der Waals surface area contributed by atoms with Gasteiger partial charge in [0.1, 0.15) is 11.6 Å². The number of hydrogen-bond acceptors (Lipinski definition) is 7. The van der Waals surface area contributed by atoms with Crippen LogP contribution in [0.5, 0.6) is 5.75 Å². The molecule has 2 atom stereocenters. The molecule has 5 rings (SSSR count). The maximum absolute atomic E-state index is 14.7. The van der Waals surface area contributed by atoms with Crippen LogP contribution in [0.4, 0.5) is 17.6 Å². The Bertz CT molecular complexity index is 1240. The zero-order chi connectivity index (χ0) is 29.2. The number of nitrogens with one attached hydrogen (secondary N) is 2. The molecule has 0 spiro atoms. The van der Waals surface area contributed by atoms with E-state index in [1.807, 2.05) is 4.90 Å². The lowest BCUT2D eigenvalue weighted by Gasteiger charge is -2.47.